The highest BCUT2D eigenvalue weighted by atomic mass is 32.1. The summed E-state index contributed by atoms with van der Waals surface area (Å²) in [5, 5.41) is 3.27. The Morgan fingerprint density at radius 1 is 1.31 bits per heavy atom. The van der Waals surface area contributed by atoms with Crippen molar-refractivity contribution in [2.24, 2.45) is 0 Å². The number of nitrogens with zero attached hydrogens (tertiary/aromatic N) is 2. The Morgan fingerprint density at radius 3 is 2.56 bits per heavy atom. The van der Waals surface area contributed by atoms with Crippen LogP contribution in [0, 0.1) is 0 Å². The first kappa shape index (κ1) is 11.2. The van der Waals surface area contributed by atoms with Gasteiger partial charge in [-0.05, 0) is 12.1 Å². The minimum atomic E-state index is 0.141. The summed E-state index contributed by atoms with van der Waals surface area (Å²) >= 11 is 1.71. The monoisotopic (exact) mass is 235 g/mol. The van der Waals surface area contributed by atoms with Gasteiger partial charge < -0.3 is 5.43 Å². The first-order valence-corrected chi connectivity index (χ1v) is 6.25. The first-order chi connectivity index (χ1) is 7.55. The smallest absolute Gasteiger partial charge is 0.114 e. The van der Waals surface area contributed by atoms with Crippen LogP contribution in [0.3, 0.4) is 0 Å². The van der Waals surface area contributed by atoms with Crippen molar-refractivity contribution in [3.8, 4) is 0 Å². The van der Waals surface area contributed by atoms with Gasteiger partial charge in [-0.2, -0.15) is 0 Å². The number of hydrogen-bond acceptors (Lipinski definition) is 3. The van der Waals surface area contributed by atoms with Crippen molar-refractivity contribution in [2.75, 3.05) is 5.43 Å². The Hall–Kier alpha value is -1.29. The van der Waals surface area contributed by atoms with Crippen LogP contribution in [0.1, 0.15) is 31.5 Å². The lowest BCUT2D eigenvalue weighted by Gasteiger charge is -2.14. The molecule has 0 spiro atoms. The molecule has 4 heteroatoms. The molecule has 0 fully saturated rings. The second-order valence-corrected chi connectivity index (χ2v) is 5.74. The van der Waals surface area contributed by atoms with Gasteiger partial charge >= 0.3 is 0 Å². The molecule has 0 aliphatic rings. The number of thiazole rings is 1. The Balaban J connectivity index is 1.98. The number of nitrogens with one attached hydrogen (secondary N) is 1. The topological polar surface area (TPSA) is 29.9 Å². The van der Waals surface area contributed by atoms with E-state index in [-0.39, 0.29) is 5.41 Å². The fraction of sp³-hybridized carbons (Fsp3) is 0.417. The van der Waals surface area contributed by atoms with Gasteiger partial charge in [0.15, 0.2) is 0 Å². The molecule has 0 radical (unpaired) electrons. The largest absolute Gasteiger partial charge is 0.320 e. The van der Waals surface area contributed by atoms with E-state index in [0.717, 1.165) is 11.6 Å². The zero-order chi connectivity index (χ0) is 11.6. The predicted octanol–water partition coefficient (Wildman–Crippen LogP) is 2.99. The number of hydrogen-bond donors (Lipinski definition) is 1. The van der Waals surface area contributed by atoms with Crippen molar-refractivity contribution in [2.45, 2.75) is 32.7 Å². The third-order valence-electron chi connectivity index (χ3n) is 2.34. The number of aromatic nitrogens is 2. The molecular weight excluding hydrogens is 218 g/mol. The SMILES string of the molecule is CC(C)(C)c1csc(CNn2cccc2)n1. The van der Waals surface area contributed by atoms with Gasteiger partial charge in [0.2, 0.25) is 0 Å². The van der Waals surface area contributed by atoms with Gasteiger partial charge in [0, 0.05) is 23.2 Å². The van der Waals surface area contributed by atoms with Crippen molar-refractivity contribution in [1.82, 2.24) is 9.66 Å². The van der Waals surface area contributed by atoms with Gasteiger partial charge in [-0.3, -0.25) is 4.68 Å². The minimum absolute atomic E-state index is 0.141. The van der Waals surface area contributed by atoms with Crippen LogP contribution in [0.15, 0.2) is 29.9 Å². The molecule has 0 bridgehead atoms. The normalized spacial score (nSPS) is 11.7. The van der Waals surface area contributed by atoms with E-state index in [2.05, 4.69) is 36.6 Å². The Kier molecular flexibility index (Phi) is 3.01. The van der Waals surface area contributed by atoms with E-state index in [1.54, 1.807) is 11.3 Å². The molecular formula is C12H17N3S. The molecule has 0 saturated carbocycles. The highest BCUT2D eigenvalue weighted by molar-refractivity contribution is 7.09. The molecule has 2 aromatic heterocycles. The van der Waals surface area contributed by atoms with E-state index >= 15 is 0 Å². The summed E-state index contributed by atoms with van der Waals surface area (Å²) in [4.78, 5) is 4.62. The van der Waals surface area contributed by atoms with Gasteiger partial charge in [-0.25, -0.2) is 4.98 Å². The molecule has 0 atom stereocenters. The van der Waals surface area contributed by atoms with Crippen LogP contribution in [-0.4, -0.2) is 9.66 Å². The van der Waals surface area contributed by atoms with Crippen molar-refractivity contribution in [1.29, 1.82) is 0 Å². The third kappa shape index (κ3) is 2.64. The van der Waals surface area contributed by atoms with Crippen molar-refractivity contribution in [3.63, 3.8) is 0 Å². The molecule has 0 saturated heterocycles. The fourth-order valence-electron chi connectivity index (χ4n) is 1.34. The molecule has 0 aromatic carbocycles. The second kappa shape index (κ2) is 4.29. The molecule has 2 aromatic rings. The van der Waals surface area contributed by atoms with E-state index in [0.29, 0.717) is 0 Å². The lowest BCUT2D eigenvalue weighted by atomic mass is 9.93. The standard InChI is InChI=1S/C12H17N3S/c1-12(2,3)10-9-16-11(14-10)8-13-15-6-4-5-7-15/h4-7,9,13H,8H2,1-3H3. The molecule has 16 heavy (non-hydrogen) atoms. The summed E-state index contributed by atoms with van der Waals surface area (Å²) in [6.45, 7) is 7.33. The summed E-state index contributed by atoms with van der Waals surface area (Å²) in [6, 6.07) is 3.99. The lowest BCUT2D eigenvalue weighted by Crippen LogP contribution is -2.14. The number of rotatable bonds is 3. The highest BCUT2D eigenvalue weighted by Gasteiger charge is 2.17. The summed E-state index contributed by atoms with van der Waals surface area (Å²) in [5.74, 6) is 0. The second-order valence-electron chi connectivity index (χ2n) is 4.80. The zero-order valence-corrected chi connectivity index (χ0v) is 10.7. The fourth-order valence-corrected chi connectivity index (χ4v) is 2.29. The molecule has 0 amide bonds. The summed E-state index contributed by atoms with van der Waals surface area (Å²) in [6.07, 6.45) is 3.97. The maximum absolute atomic E-state index is 4.62. The van der Waals surface area contributed by atoms with Crippen LogP contribution in [0.25, 0.3) is 0 Å². The van der Waals surface area contributed by atoms with Crippen LogP contribution < -0.4 is 5.43 Å². The van der Waals surface area contributed by atoms with E-state index in [1.807, 2.05) is 29.2 Å². The molecule has 2 heterocycles. The van der Waals surface area contributed by atoms with Crippen molar-refractivity contribution in [3.05, 3.63) is 40.6 Å². The molecule has 0 aliphatic carbocycles. The van der Waals surface area contributed by atoms with Gasteiger partial charge in [-0.1, -0.05) is 20.8 Å². The first-order valence-electron chi connectivity index (χ1n) is 5.37. The van der Waals surface area contributed by atoms with Crippen LogP contribution in [-0.2, 0) is 12.0 Å². The summed E-state index contributed by atoms with van der Waals surface area (Å²) < 4.78 is 1.94. The Morgan fingerprint density at radius 2 is 2.00 bits per heavy atom. The quantitative estimate of drug-likeness (QED) is 0.886. The van der Waals surface area contributed by atoms with Gasteiger partial charge in [-0.15, -0.1) is 11.3 Å². The van der Waals surface area contributed by atoms with Gasteiger partial charge in [0.05, 0.1) is 12.2 Å². The van der Waals surface area contributed by atoms with E-state index < -0.39 is 0 Å². The summed E-state index contributed by atoms with van der Waals surface area (Å²) in [5.41, 5.74) is 4.58. The highest BCUT2D eigenvalue weighted by Crippen LogP contribution is 2.23. The van der Waals surface area contributed by atoms with Crippen molar-refractivity contribution >= 4 is 11.3 Å². The van der Waals surface area contributed by atoms with Crippen LogP contribution in [0.5, 0.6) is 0 Å². The third-order valence-corrected chi connectivity index (χ3v) is 3.19. The average Bonchev–Trinajstić information content (AvgIpc) is 2.85. The maximum Gasteiger partial charge on any atom is 0.114 e. The molecule has 3 nitrogen and oxygen atoms in total. The molecule has 86 valence electrons. The van der Waals surface area contributed by atoms with Crippen LogP contribution in [0.2, 0.25) is 0 Å². The zero-order valence-electron chi connectivity index (χ0n) is 9.90. The predicted molar refractivity (Wildman–Crippen MR) is 68.3 cm³/mol. The van der Waals surface area contributed by atoms with Gasteiger partial charge in [0.1, 0.15) is 5.01 Å². The molecule has 1 N–H and O–H groups in total. The van der Waals surface area contributed by atoms with Crippen molar-refractivity contribution < 1.29 is 0 Å². The van der Waals surface area contributed by atoms with Gasteiger partial charge in [0.25, 0.3) is 0 Å². The molecule has 0 unspecified atom stereocenters. The minimum Gasteiger partial charge on any atom is -0.320 e. The maximum atomic E-state index is 4.62. The van der Waals surface area contributed by atoms with Crippen LogP contribution in [0.4, 0.5) is 0 Å². The Bertz CT molecular complexity index is 437. The van der Waals surface area contributed by atoms with Crippen LogP contribution >= 0.6 is 11.3 Å². The van der Waals surface area contributed by atoms with E-state index in [1.165, 1.54) is 5.69 Å². The Labute approximate surface area is 100 Å². The lowest BCUT2D eigenvalue weighted by molar-refractivity contribution is 0.571. The van der Waals surface area contributed by atoms with E-state index in [9.17, 15) is 0 Å². The van der Waals surface area contributed by atoms with E-state index in [4.69, 9.17) is 0 Å². The summed E-state index contributed by atoms with van der Waals surface area (Å²) in [7, 11) is 0. The molecule has 2 rings (SSSR count). The molecule has 0 aliphatic heterocycles. The average molecular weight is 235 g/mol.